The van der Waals surface area contributed by atoms with Crippen LogP contribution in [0.3, 0.4) is 0 Å². The van der Waals surface area contributed by atoms with Crippen molar-refractivity contribution in [1.29, 1.82) is 0 Å². The van der Waals surface area contributed by atoms with Crippen LogP contribution in [0.5, 0.6) is 0 Å². The quantitative estimate of drug-likeness (QED) is 0.403. The summed E-state index contributed by atoms with van der Waals surface area (Å²) in [6.07, 6.45) is 10.9. The molecule has 0 aliphatic heterocycles. The maximum Gasteiger partial charge on any atom is 0.309 e. The second-order valence-corrected chi connectivity index (χ2v) is 6.79. The Labute approximate surface area is 136 Å². The summed E-state index contributed by atoms with van der Waals surface area (Å²) in [6, 6.07) is 0. The van der Waals surface area contributed by atoms with Gasteiger partial charge in [-0.3, -0.25) is 4.79 Å². The molecular formula is C19H34O3. The Kier molecular flexibility index (Phi) is 12.0. The third kappa shape index (κ3) is 11.6. The molecular weight excluding hydrogens is 276 g/mol. The Bertz CT molecular complexity index is 349. The summed E-state index contributed by atoms with van der Waals surface area (Å²) in [5.41, 5.74) is -0.588. The maximum atomic E-state index is 11.0. The van der Waals surface area contributed by atoms with Crippen molar-refractivity contribution in [2.75, 3.05) is 0 Å². The molecule has 1 atom stereocenters. The number of hydrogen-bond donors (Lipinski definition) is 2. The topological polar surface area (TPSA) is 57.5 Å². The minimum Gasteiger partial charge on any atom is -0.481 e. The highest BCUT2D eigenvalue weighted by atomic mass is 16.4. The Hall–Kier alpha value is -1.01. The molecule has 0 aromatic carbocycles. The predicted molar refractivity (Wildman–Crippen MR) is 91.7 cm³/mol. The van der Waals surface area contributed by atoms with E-state index < -0.39 is 17.5 Å². The molecule has 0 rings (SSSR count). The van der Waals surface area contributed by atoms with Crippen molar-refractivity contribution in [3.05, 3.63) is 0 Å². The van der Waals surface area contributed by atoms with Crippen LogP contribution in [0.15, 0.2) is 0 Å². The van der Waals surface area contributed by atoms with Crippen LogP contribution in [0.4, 0.5) is 0 Å². The van der Waals surface area contributed by atoms with Gasteiger partial charge in [0.1, 0.15) is 6.10 Å². The van der Waals surface area contributed by atoms with E-state index in [0.29, 0.717) is 0 Å². The first-order chi connectivity index (χ1) is 10.4. The van der Waals surface area contributed by atoms with E-state index in [-0.39, 0.29) is 0 Å². The summed E-state index contributed by atoms with van der Waals surface area (Å²) >= 11 is 0. The van der Waals surface area contributed by atoms with Crippen molar-refractivity contribution in [2.45, 2.75) is 97.5 Å². The average molecular weight is 310 g/mol. The van der Waals surface area contributed by atoms with Gasteiger partial charge in [0.25, 0.3) is 0 Å². The number of aliphatic hydroxyl groups is 1. The number of carboxylic acids is 1. The molecule has 128 valence electrons. The first kappa shape index (κ1) is 21.0. The third-order valence-electron chi connectivity index (χ3n) is 4.00. The smallest absolute Gasteiger partial charge is 0.309 e. The van der Waals surface area contributed by atoms with Crippen LogP contribution < -0.4 is 0 Å². The lowest BCUT2D eigenvalue weighted by Gasteiger charge is -2.18. The molecule has 2 N–H and O–H groups in total. The number of carbonyl (C=O) groups is 1. The van der Waals surface area contributed by atoms with Gasteiger partial charge in [-0.15, -0.1) is 5.92 Å². The second-order valence-electron chi connectivity index (χ2n) is 6.79. The highest BCUT2D eigenvalue weighted by Crippen LogP contribution is 2.24. The summed E-state index contributed by atoms with van der Waals surface area (Å²) in [5.74, 6) is 5.17. The van der Waals surface area contributed by atoms with Crippen LogP contribution >= 0.6 is 0 Å². The SMILES string of the molecule is CCCC#C[C@@H](O)CCCCCCCCCC(C)(C)C(=O)O. The molecule has 0 unspecified atom stereocenters. The standard InChI is InChI=1S/C19H34O3/c1-4-5-11-14-17(20)15-12-9-7-6-8-10-13-16-19(2,3)18(21)22/h17,20H,4-10,12-13,15-16H2,1-3H3,(H,21,22)/t17-/m1/s1. The van der Waals surface area contributed by atoms with Crippen LogP contribution in [0.1, 0.15) is 91.4 Å². The zero-order valence-electron chi connectivity index (χ0n) is 14.7. The molecule has 0 aromatic heterocycles. The van der Waals surface area contributed by atoms with Crippen LogP contribution in [0.25, 0.3) is 0 Å². The number of unbranched alkanes of at least 4 members (excludes halogenated alkanes) is 7. The molecule has 0 heterocycles. The zero-order valence-corrected chi connectivity index (χ0v) is 14.7. The molecule has 0 amide bonds. The van der Waals surface area contributed by atoms with Gasteiger partial charge in [-0.1, -0.05) is 51.4 Å². The molecule has 0 fully saturated rings. The summed E-state index contributed by atoms with van der Waals surface area (Å²) < 4.78 is 0. The van der Waals surface area contributed by atoms with E-state index in [4.69, 9.17) is 5.11 Å². The first-order valence-electron chi connectivity index (χ1n) is 8.80. The molecule has 22 heavy (non-hydrogen) atoms. The van der Waals surface area contributed by atoms with Crippen molar-refractivity contribution < 1.29 is 15.0 Å². The third-order valence-corrected chi connectivity index (χ3v) is 4.00. The van der Waals surface area contributed by atoms with Crippen LogP contribution in [0, 0.1) is 17.3 Å². The Morgan fingerprint density at radius 2 is 1.59 bits per heavy atom. The van der Waals surface area contributed by atoms with Crippen molar-refractivity contribution in [1.82, 2.24) is 0 Å². The maximum absolute atomic E-state index is 11.0. The van der Waals surface area contributed by atoms with E-state index in [2.05, 4.69) is 18.8 Å². The molecule has 0 saturated heterocycles. The highest BCUT2D eigenvalue weighted by molar-refractivity contribution is 5.73. The van der Waals surface area contributed by atoms with Gasteiger partial charge in [0, 0.05) is 6.42 Å². The fourth-order valence-corrected chi connectivity index (χ4v) is 2.28. The minimum absolute atomic E-state index is 0.454. The van der Waals surface area contributed by atoms with Gasteiger partial charge in [-0.2, -0.15) is 0 Å². The molecule has 0 aliphatic rings. The van der Waals surface area contributed by atoms with Crippen molar-refractivity contribution in [2.24, 2.45) is 5.41 Å². The van der Waals surface area contributed by atoms with Gasteiger partial charge in [0.15, 0.2) is 0 Å². The summed E-state index contributed by atoms with van der Waals surface area (Å²) in [4.78, 5) is 11.0. The van der Waals surface area contributed by atoms with Gasteiger partial charge in [-0.25, -0.2) is 0 Å². The molecule has 0 bridgehead atoms. The predicted octanol–water partition coefficient (Wildman–Crippen LogP) is 4.77. The number of aliphatic carboxylic acids is 1. The molecule has 0 radical (unpaired) electrons. The van der Waals surface area contributed by atoms with E-state index in [9.17, 15) is 9.90 Å². The van der Waals surface area contributed by atoms with E-state index in [1.54, 1.807) is 13.8 Å². The molecule has 3 nitrogen and oxygen atoms in total. The fourth-order valence-electron chi connectivity index (χ4n) is 2.28. The number of aliphatic hydroxyl groups excluding tert-OH is 1. The van der Waals surface area contributed by atoms with Crippen molar-refractivity contribution >= 4 is 5.97 Å². The van der Waals surface area contributed by atoms with Crippen LogP contribution in [0.2, 0.25) is 0 Å². The molecule has 3 heteroatoms. The summed E-state index contributed by atoms with van der Waals surface area (Å²) in [7, 11) is 0. The van der Waals surface area contributed by atoms with E-state index in [0.717, 1.165) is 51.4 Å². The lowest BCUT2D eigenvalue weighted by Crippen LogP contribution is -2.23. The van der Waals surface area contributed by atoms with Gasteiger partial charge < -0.3 is 10.2 Å². The highest BCUT2D eigenvalue weighted by Gasteiger charge is 2.25. The Morgan fingerprint density at radius 1 is 1.05 bits per heavy atom. The minimum atomic E-state index is -0.701. The van der Waals surface area contributed by atoms with Gasteiger partial charge in [-0.05, 0) is 39.5 Å². The van der Waals surface area contributed by atoms with Gasteiger partial charge >= 0.3 is 5.97 Å². The monoisotopic (exact) mass is 310 g/mol. The van der Waals surface area contributed by atoms with Gasteiger partial charge in [0.2, 0.25) is 0 Å². The molecule has 0 saturated carbocycles. The zero-order chi connectivity index (χ0) is 16.8. The van der Waals surface area contributed by atoms with E-state index in [1.807, 2.05) is 0 Å². The number of rotatable bonds is 12. The first-order valence-corrected chi connectivity index (χ1v) is 8.80. The second kappa shape index (κ2) is 12.5. The lowest BCUT2D eigenvalue weighted by molar-refractivity contribution is -0.147. The molecule has 0 aromatic rings. The lowest BCUT2D eigenvalue weighted by atomic mass is 9.87. The summed E-state index contributed by atoms with van der Waals surface area (Å²) in [6.45, 7) is 5.68. The Morgan fingerprint density at radius 3 is 2.14 bits per heavy atom. The average Bonchev–Trinajstić information content (AvgIpc) is 2.45. The van der Waals surface area contributed by atoms with E-state index >= 15 is 0 Å². The van der Waals surface area contributed by atoms with E-state index in [1.165, 1.54) is 19.3 Å². The van der Waals surface area contributed by atoms with Crippen molar-refractivity contribution in [3.8, 4) is 11.8 Å². The van der Waals surface area contributed by atoms with Crippen LogP contribution in [-0.2, 0) is 4.79 Å². The summed E-state index contributed by atoms with van der Waals surface area (Å²) in [5, 5.41) is 18.7. The van der Waals surface area contributed by atoms with Crippen LogP contribution in [-0.4, -0.2) is 22.3 Å². The molecule has 0 spiro atoms. The van der Waals surface area contributed by atoms with Crippen molar-refractivity contribution in [3.63, 3.8) is 0 Å². The normalized spacial score (nSPS) is 12.5. The Balaban J connectivity index is 3.41. The number of carboxylic acid groups (broad SMARTS) is 1. The fraction of sp³-hybridized carbons (Fsp3) is 0.842. The number of hydrogen-bond acceptors (Lipinski definition) is 2. The van der Waals surface area contributed by atoms with Gasteiger partial charge in [0.05, 0.1) is 5.41 Å². The largest absolute Gasteiger partial charge is 0.481 e. The molecule has 0 aliphatic carbocycles.